The third-order valence-electron chi connectivity index (χ3n) is 11.4. The van der Waals surface area contributed by atoms with Gasteiger partial charge >= 0.3 is 17.9 Å². The van der Waals surface area contributed by atoms with Gasteiger partial charge in [0, 0.05) is 6.54 Å². The summed E-state index contributed by atoms with van der Waals surface area (Å²) in [5, 5.41) is 2.82. The average molecular weight is 894 g/mol. The second-order valence-electron chi connectivity index (χ2n) is 16.1. The van der Waals surface area contributed by atoms with Crippen LogP contribution in [0.3, 0.4) is 0 Å². The van der Waals surface area contributed by atoms with Gasteiger partial charge < -0.3 is 24.3 Å². The van der Waals surface area contributed by atoms with Crippen LogP contribution in [0, 0.1) is 5.92 Å². The number of amides is 1. The van der Waals surface area contributed by atoms with Gasteiger partial charge in [-0.25, -0.2) is 37.1 Å². The molecule has 1 aliphatic rings. The van der Waals surface area contributed by atoms with Gasteiger partial charge in [-0.1, -0.05) is 136 Å². The van der Waals surface area contributed by atoms with Gasteiger partial charge in [-0.15, -0.1) is 0 Å². The number of amidine groups is 1. The Hall–Kier alpha value is -5.25. The summed E-state index contributed by atoms with van der Waals surface area (Å²) in [4.78, 5) is 62.9. The molecule has 0 saturated carbocycles. The van der Waals surface area contributed by atoms with Crippen molar-refractivity contribution in [3.8, 4) is 5.75 Å². The van der Waals surface area contributed by atoms with E-state index in [9.17, 15) is 27.6 Å². The number of unbranched alkanes of at least 4 members (excludes halogenated alkanes) is 15. The van der Waals surface area contributed by atoms with Crippen molar-refractivity contribution >= 4 is 45.4 Å². The molecule has 1 amide bonds. The topological polar surface area (TPSA) is 185 Å². The number of esters is 3. The Morgan fingerprint density at radius 1 is 0.746 bits per heavy atom. The van der Waals surface area contributed by atoms with E-state index in [1.807, 2.05) is 13.8 Å². The Morgan fingerprint density at radius 3 is 1.90 bits per heavy atom. The number of carbonyl (C=O) groups is 4. The van der Waals surface area contributed by atoms with Crippen LogP contribution in [0.5, 0.6) is 5.75 Å². The fourth-order valence-corrected chi connectivity index (χ4v) is 9.04. The maximum Gasteiger partial charge on any atom is 0.359 e. The van der Waals surface area contributed by atoms with E-state index < -0.39 is 51.4 Å². The number of sulfonamides is 1. The summed E-state index contributed by atoms with van der Waals surface area (Å²) in [5.41, 5.74) is -0.784. The van der Waals surface area contributed by atoms with Crippen LogP contribution in [-0.4, -0.2) is 86.4 Å². The van der Waals surface area contributed by atoms with Crippen LogP contribution < -0.4 is 10.1 Å². The van der Waals surface area contributed by atoms with Gasteiger partial charge in [-0.3, -0.25) is 9.36 Å². The summed E-state index contributed by atoms with van der Waals surface area (Å²) in [6.07, 6.45) is 18.7. The highest BCUT2D eigenvalue weighted by molar-refractivity contribution is 7.90. The second kappa shape index (κ2) is 25.8. The molecule has 0 radical (unpaired) electrons. The molecule has 1 aliphatic heterocycles. The Balaban J connectivity index is 1.61. The number of hydrogen-bond donors (Lipinski definition) is 1. The lowest BCUT2D eigenvalue weighted by Gasteiger charge is -2.35. The molecule has 2 unspecified atom stereocenters. The summed E-state index contributed by atoms with van der Waals surface area (Å²) < 4.78 is 52.3. The zero-order chi connectivity index (χ0) is 45.8. The molecule has 2 aromatic carbocycles. The molecule has 1 aromatic heterocycles. The number of fused-ring (bicyclic) bond motifs is 1. The van der Waals surface area contributed by atoms with E-state index in [0.29, 0.717) is 6.42 Å². The van der Waals surface area contributed by atoms with Crippen LogP contribution in [-0.2, 0) is 24.2 Å². The highest BCUT2D eigenvalue weighted by atomic mass is 32.2. The van der Waals surface area contributed by atoms with Crippen LogP contribution in [0.25, 0.3) is 0 Å². The first-order valence-electron chi connectivity index (χ1n) is 22.5. The number of methoxy groups -OCH3 is 3. The van der Waals surface area contributed by atoms with Gasteiger partial charge in [0.25, 0.3) is 15.9 Å². The predicted octanol–water partition coefficient (Wildman–Crippen LogP) is 9.59. The van der Waals surface area contributed by atoms with Crippen molar-refractivity contribution in [2.75, 3.05) is 34.5 Å². The SMILES string of the molecule is CCCCCCCCCCCCCCCCCCN1C(C(NC(=O)c2cc(C(=O)OCC(C)CC)ccc2OC)n2cnc(C(=O)OC)c2C(=O)OC)=Nc2ccccc2S1(=O)=O. The molecule has 1 N–H and O–H groups in total. The summed E-state index contributed by atoms with van der Waals surface area (Å²) >= 11 is 0. The van der Waals surface area contributed by atoms with Crippen LogP contribution in [0.2, 0.25) is 0 Å². The molecular weight excluding hydrogens is 827 g/mol. The first-order valence-corrected chi connectivity index (χ1v) is 24.0. The monoisotopic (exact) mass is 893 g/mol. The van der Waals surface area contributed by atoms with Crippen molar-refractivity contribution in [3.05, 3.63) is 71.3 Å². The second-order valence-corrected chi connectivity index (χ2v) is 17.9. The number of para-hydroxylation sites is 1. The first-order chi connectivity index (χ1) is 30.4. The highest BCUT2D eigenvalue weighted by Crippen LogP contribution is 2.36. The standard InChI is InChI=1S/C47H67N5O10S/c1-7-9-10-11-12-13-14-15-16-17-18-19-20-21-22-25-30-52-43(49-37-26-23-24-27-39(37)63(52,57)58)42(51-33-48-40(46(55)60-5)41(51)47(56)61-6)50-44(53)36-31-35(28-29-38(36)59-4)45(54)62-32-34(3)8-2/h23-24,26-29,31,33-34,42H,7-22,25,30,32H2,1-6H3,(H,50,53). The minimum absolute atomic E-state index is 0.00669. The van der Waals surface area contributed by atoms with Gasteiger partial charge in [-0.05, 0) is 42.7 Å². The van der Waals surface area contributed by atoms with Gasteiger partial charge in [0.05, 0.1) is 51.1 Å². The molecule has 2 atom stereocenters. The normalized spacial score (nSPS) is 13.9. The third kappa shape index (κ3) is 13.9. The van der Waals surface area contributed by atoms with E-state index in [0.717, 1.165) is 61.5 Å². The number of hydrogen-bond acceptors (Lipinski definition) is 12. The molecule has 346 valence electrons. The number of nitrogens with one attached hydrogen (secondary N) is 1. The zero-order valence-electron chi connectivity index (χ0n) is 38.0. The molecule has 4 rings (SSSR count). The smallest absolute Gasteiger partial charge is 0.359 e. The maximum absolute atomic E-state index is 14.6. The Morgan fingerprint density at radius 2 is 1.33 bits per heavy atom. The number of benzene rings is 2. The molecule has 0 aliphatic carbocycles. The lowest BCUT2D eigenvalue weighted by atomic mass is 10.0. The molecule has 3 aromatic rings. The van der Waals surface area contributed by atoms with E-state index in [1.54, 1.807) is 12.1 Å². The van der Waals surface area contributed by atoms with Gasteiger partial charge in [-0.2, -0.15) is 0 Å². The van der Waals surface area contributed by atoms with E-state index >= 15 is 0 Å². The summed E-state index contributed by atoms with van der Waals surface area (Å²) in [6.45, 7) is 6.34. The van der Waals surface area contributed by atoms with Crippen molar-refractivity contribution in [1.82, 2.24) is 19.2 Å². The number of carbonyl (C=O) groups excluding carboxylic acids is 4. The average Bonchev–Trinajstić information content (AvgIpc) is 3.74. The van der Waals surface area contributed by atoms with E-state index in [-0.39, 0.29) is 52.4 Å². The zero-order valence-corrected chi connectivity index (χ0v) is 38.8. The van der Waals surface area contributed by atoms with Crippen LogP contribution in [0.1, 0.15) is 178 Å². The van der Waals surface area contributed by atoms with Crippen molar-refractivity contribution in [2.45, 2.75) is 141 Å². The minimum atomic E-state index is -4.28. The van der Waals surface area contributed by atoms with Crippen LogP contribution >= 0.6 is 0 Å². The molecular formula is C47H67N5O10S. The summed E-state index contributed by atoms with van der Waals surface area (Å²) in [5.74, 6) is -3.45. The molecule has 2 heterocycles. The van der Waals surface area contributed by atoms with Gasteiger partial charge in [0.15, 0.2) is 23.4 Å². The number of aliphatic imine (C=N–C) groups is 1. The fourth-order valence-electron chi connectivity index (χ4n) is 7.42. The number of ether oxygens (including phenoxy) is 4. The highest BCUT2D eigenvalue weighted by Gasteiger charge is 2.41. The Labute approximate surface area is 373 Å². The van der Waals surface area contributed by atoms with E-state index in [1.165, 1.54) is 108 Å². The largest absolute Gasteiger partial charge is 0.496 e. The number of rotatable bonds is 28. The maximum atomic E-state index is 14.6. The van der Waals surface area contributed by atoms with Gasteiger partial charge in [0.1, 0.15) is 10.6 Å². The number of imidazole rings is 1. The van der Waals surface area contributed by atoms with E-state index in [4.69, 9.17) is 23.9 Å². The summed E-state index contributed by atoms with van der Waals surface area (Å²) in [7, 11) is -0.709. The summed E-state index contributed by atoms with van der Waals surface area (Å²) in [6, 6.07) is 10.4. The molecule has 16 heteroatoms. The van der Waals surface area contributed by atoms with Crippen molar-refractivity contribution < 1.29 is 46.5 Å². The fraction of sp³-hybridized carbons (Fsp3) is 0.574. The quantitative estimate of drug-likeness (QED) is 0.0416. The molecule has 0 spiro atoms. The van der Waals surface area contributed by atoms with Crippen LogP contribution in [0.4, 0.5) is 5.69 Å². The lowest BCUT2D eigenvalue weighted by Crippen LogP contribution is -2.50. The predicted molar refractivity (Wildman–Crippen MR) is 241 cm³/mol. The Kier molecular flexibility index (Phi) is 20.6. The van der Waals surface area contributed by atoms with E-state index in [2.05, 4.69) is 17.2 Å². The van der Waals surface area contributed by atoms with Gasteiger partial charge in [0.2, 0.25) is 0 Å². The molecule has 0 fully saturated rings. The minimum Gasteiger partial charge on any atom is -0.496 e. The third-order valence-corrected chi connectivity index (χ3v) is 13.2. The van der Waals surface area contributed by atoms with Crippen LogP contribution in [0.15, 0.2) is 58.7 Å². The molecule has 15 nitrogen and oxygen atoms in total. The molecule has 63 heavy (non-hydrogen) atoms. The lowest BCUT2D eigenvalue weighted by molar-refractivity contribution is 0.0446. The van der Waals surface area contributed by atoms with Crippen molar-refractivity contribution in [1.29, 1.82) is 0 Å². The Bertz CT molecular complexity index is 2120. The molecule has 0 bridgehead atoms. The first kappa shape index (κ1) is 50.4. The number of nitrogens with zero attached hydrogens (tertiary/aromatic N) is 4. The van der Waals surface area contributed by atoms with Crippen molar-refractivity contribution in [2.24, 2.45) is 10.9 Å². The number of aromatic nitrogens is 2. The van der Waals surface area contributed by atoms with Crippen molar-refractivity contribution in [3.63, 3.8) is 0 Å². The molecule has 0 saturated heterocycles.